The molecular weight excluding hydrogens is 322 g/mol. The van der Waals surface area contributed by atoms with E-state index < -0.39 is 12.0 Å². The van der Waals surface area contributed by atoms with Crippen molar-refractivity contribution in [2.75, 3.05) is 20.7 Å². The molecule has 0 aliphatic carbocycles. The van der Waals surface area contributed by atoms with E-state index in [0.717, 1.165) is 5.56 Å². The maximum absolute atomic E-state index is 12.6. The number of methoxy groups -OCH3 is 1. The molecule has 3 rings (SSSR count). The molecule has 3 atom stereocenters. The Balaban J connectivity index is 1.96. The van der Waals surface area contributed by atoms with Crippen molar-refractivity contribution >= 4 is 5.91 Å². The highest BCUT2D eigenvalue weighted by atomic mass is 16.5. The van der Waals surface area contributed by atoms with E-state index in [-0.39, 0.29) is 29.1 Å². The number of likely N-dealkylation sites (tertiary alicyclic amines) is 1. The second-order valence-electron chi connectivity index (χ2n) is 6.32. The van der Waals surface area contributed by atoms with Gasteiger partial charge in [0.05, 0.1) is 19.1 Å². The Hall–Kier alpha value is -2.73. The van der Waals surface area contributed by atoms with Crippen molar-refractivity contribution in [1.29, 1.82) is 0 Å². The minimum absolute atomic E-state index is 0.0246. The molecule has 3 N–H and O–H groups in total. The van der Waals surface area contributed by atoms with Crippen LogP contribution in [0.25, 0.3) is 0 Å². The molecule has 0 spiro atoms. The normalized spacial score (nSPS) is 21.4. The van der Waals surface area contributed by atoms with E-state index >= 15 is 0 Å². The van der Waals surface area contributed by atoms with Crippen LogP contribution in [0.3, 0.4) is 0 Å². The summed E-state index contributed by atoms with van der Waals surface area (Å²) in [4.78, 5) is 14.2. The molecule has 1 aliphatic heterocycles. The first-order chi connectivity index (χ1) is 11.9. The number of aliphatic hydroxyl groups excluding tert-OH is 1. The first-order valence-corrected chi connectivity index (χ1v) is 8.01. The number of aliphatic hydroxyl groups is 1. The number of phenols is 2. The summed E-state index contributed by atoms with van der Waals surface area (Å²) in [6.07, 6.45) is -1.04. The fourth-order valence-electron chi connectivity index (χ4n) is 3.40. The van der Waals surface area contributed by atoms with E-state index in [2.05, 4.69) is 0 Å². The maximum atomic E-state index is 12.6. The fourth-order valence-corrected chi connectivity index (χ4v) is 3.40. The van der Waals surface area contributed by atoms with Gasteiger partial charge in [-0.2, -0.15) is 0 Å². The number of ether oxygens (including phenoxy) is 1. The lowest BCUT2D eigenvalue weighted by atomic mass is 9.82. The summed E-state index contributed by atoms with van der Waals surface area (Å²) < 4.78 is 5.09. The average Bonchev–Trinajstić information content (AvgIpc) is 2.90. The van der Waals surface area contributed by atoms with Crippen LogP contribution in [0.5, 0.6) is 17.2 Å². The highest BCUT2D eigenvalue weighted by Crippen LogP contribution is 2.42. The third-order valence-corrected chi connectivity index (χ3v) is 4.77. The summed E-state index contributed by atoms with van der Waals surface area (Å²) in [7, 11) is 3.14. The monoisotopic (exact) mass is 343 g/mol. The van der Waals surface area contributed by atoms with Crippen LogP contribution >= 0.6 is 0 Å². The number of aromatic hydroxyl groups is 2. The van der Waals surface area contributed by atoms with Gasteiger partial charge in [0, 0.05) is 19.5 Å². The van der Waals surface area contributed by atoms with Gasteiger partial charge >= 0.3 is 0 Å². The van der Waals surface area contributed by atoms with Gasteiger partial charge in [0.25, 0.3) is 0 Å². The molecule has 0 saturated carbocycles. The standard InChI is InChI=1S/C19H21NO5/c1-20-10-14(11-3-6-13(21)7-4-11)17(19(20)24)18(23)12-5-8-15(22)16(9-12)25-2/h3-9,14,17-18,21-23H,10H2,1-2H3. The largest absolute Gasteiger partial charge is 0.508 e. The Labute approximate surface area is 145 Å². The first-order valence-electron chi connectivity index (χ1n) is 8.01. The van der Waals surface area contributed by atoms with Gasteiger partial charge in [0.2, 0.25) is 5.91 Å². The number of likely N-dealkylation sites (N-methyl/N-ethyl adjacent to an activating group) is 1. The maximum Gasteiger partial charge on any atom is 0.229 e. The molecule has 1 fully saturated rings. The van der Waals surface area contributed by atoms with Crippen LogP contribution in [0.2, 0.25) is 0 Å². The Kier molecular flexibility index (Phi) is 4.55. The molecule has 6 heteroatoms. The third-order valence-electron chi connectivity index (χ3n) is 4.77. The molecule has 0 radical (unpaired) electrons. The molecule has 132 valence electrons. The summed E-state index contributed by atoms with van der Waals surface area (Å²) in [6, 6.07) is 11.3. The minimum atomic E-state index is -1.04. The summed E-state index contributed by atoms with van der Waals surface area (Å²) in [5.74, 6) is -0.615. The number of nitrogens with zero attached hydrogens (tertiary/aromatic N) is 1. The fraction of sp³-hybridized carbons (Fsp3) is 0.316. The van der Waals surface area contributed by atoms with Crippen LogP contribution < -0.4 is 4.74 Å². The lowest BCUT2D eigenvalue weighted by Gasteiger charge is -2.23. The van der Waals surface area contributed by atoms with Crippen molar-refractivity contribution in [2.45, 2.75) is 12.0 Å². The van der Waals surface area contributed by atoms with Crippen LogP contribution in [-0.2, 0) is 4.79 Å². The highest BCUT2D eigenvalue weighted by molar-refractivity contribution is 5.83. The van der Waals surface area contributed by atoms with Gasteiger partial charge in [-0.15, -0.1) is 0 Å². The Morgan fingerprint density at radius 3 is 2.48 bits per heavy atom. The molecule has 0 bridgehead atoms. The van der Waals surface area contributed by atoms with E-state index in [0.29, 0.717) is 12.1 Å². The summed E-state index contributed by atoms with van der Waals surface area (Å²) >= 11 is 0. The molecule has 1 aliphatic rings. The van der Waals surface area contributed by atoms with Gasteiger partial charge in [-0.05, 0) is 35.4 Å². The van der Waals surface area contributed by atoms with Crippen LogP contribution in [0.15, 0.2) is 42.5 Å². The number of rotatable bonds is 4. The highest BCUT2D eigenvalue weighted by Gasteiger charge is 2.44. The number of carbonyl (C=O) groups is 1. The zero-order valence-electron chi connectivity index (χ0n) is 14.1. The van der Waals surface area contributed by atoms with E-state index in [1.54, 1.807) is 48.3 Å². The van der Waals surface area contributed by atoms with Crippen molar-refractivity contribution in [3.63, 3.8) is 0 Å². The molecule has 2 aromatic carbocycles. The molecule has 0 aromatic heterocycles. The number of benzene rings is 2. The molecule has 1 heterocycles. The first kappa shape index (κ1) is 17.1. The second kappa shape index (κ2) is 6.64. The van der Waals surface area contributed by atoms with Gasteiger partial charge < -0.3 is 25.0 Å². The van der Waals surface area contributed by atoms with E-state index in [1.807, 2.05) is 0 Å². The van der Waals surface area contributed by atoms with Gasteiger partial charge in [-0.1, -0.05) is 18.2 Å². The van der Waals surface area contributed by atoms with Crippen LogP contribution in [-0.4, -0.2) is 46.8 Å². The van der Waals surface area contributed by atoms with Crippen LogP contribution in [0.4, 0.5) is 0 Å². The SMILES string of the molecule is COc1cc(C(O)C2C(=O)N(C)CC2c2ccc(O)cc2)ccc1O. The van der Waals surface area contributed by atoms with Crippen molar-refractivity contribution in [3.8, 4) is 17.2 Å². The Bertz CT molecular complexity index is 774. The van der Waals surface area contributed by atoms with E-state index in [1.165, 1.54) is 13.2 Å². The van der Waals surface area contributed by atoms with Crippen molar-refractivity contribution in [3.05, 3.63) is 53.6 Å². The molecule has 3 unspecified atom stereocenters. The van der Waals surface area contributed by atoms with Gasteiger partial charge in [0.15, 0.2) is 11.5 Å². The van der Waals surface area contributed by atoms with Crippen molar-refractivity contribution < 1.29 is 24.9 Å². The van der Waals surface area contributed by atoms with E-state index in [9.17, 15) is 20.1 Å². The quantitative estimate of drug-likeness (QED) is 0.790. The van der Waals surface area contributed by atoms with Crippen molar-refractivity contribution in [2.24, 2.45) is 5.92 Å². The Morgan fingerprint density at radius 2 is 1.84 bits per heavy atom. The van der Waals surface area contributed by atoms with Gasteiger partial charge in [-0.3, -0.25) is 4.79 Å². The molecule has 2 aromatic rings. The lowest BCUT2D eigenvalue weighted by Crippen LogP contribution is -2.27. The lowest BCUT2D eigenvalue weighted by molar-refractivity contribution is -0.133. The summed E-state index contributed by atoms with van der Waals surface area (Å²) in [6.45, 7) is 0.487. The van der Waals surface area contributed by atoms with Gasteiger partial charge in [-0.25, -0.2) is 0 Å². The molecule has 25 heavy (non-hydrogen) atoms. The van der Waals surface area contributed by atoms with Crippen LogP contribution in [0, 0.1) is 5.92 Å². The van der Waals surface area contributed by atoms with E-state index in [4.69, 9.17) is 4.74 Å². The zero-order valence-corrected chi connectivity index (χ0v) is 14.1. The molecule has 1 amide bonds. The topological polar surface area (TPSA) is 90.2 Å². The van der Waals surface area contributed by atoms with Crippen LogP contribution in [0.1, 0.15) is 23.1 Å². The molecule has 6 nitrogen and oxygen atoms in total. The molecule has 1 saturated heterocycles. The predicted molar refractivity (Wildman–Crippen MR) is 91.6 cm³/mol. The average molecular weight is 343 g/mol. The zero-order chi connectivity index (χ0) is 18.1. The number of hydrogen-bond donors (Lipinski definition) is 3. The summed E-state index contributed by atoms with van der Waals surface area (Å²) in [5.41, 5.74) is 1.39. The third kappa shape index (κ3) is 3.13. The predicted octanol–water partition coefficient (Wildman–Crippen LogP) is 2.01. The minimum Gasteiger partial charge on any atom is -0.508 e. The van der Waals surface area contributed by atoms with Gasteiger partial charge in [0.1, 0.15) is 5.75 Å². The second-order valence-corrected chi connectivity index (χ2v) is 6.32. The van der Waals surface area contributed by atoms with Crippen molar-refractivity contribution in [1.82, 2.24) is 4.90 Å². The number of phenolic OH excluding ortho intramolecular Hbond substituents is 2. The molecular formula is C19H21NO5. The summed E-state index contributed by atoms with van der Waals surface area (Å²) in [5, 5.41) is 30.1. The Morgan fingerprint density at radius 1 is 1.16 bits per heavy atom. The number of hydrogen-bond acceptors (Lipinski definition) is 5. The number of carbonyl (C=O) groups excluding carboxylic acids is 1. The smallest absolute Gasteiger partial charge is 0.229 e. The number of amides is 1.